The predicted molar refractivity (Wildman–Crippen MR) is 127 cm³/mol. The number of aliphatic hydroxyl groups is 1. The minimum Gasteiger partial charge on any atom is -0.379 e. The van der Waals surface area contributed by atoms with Crippen LogP contribution >= 0.6 is 11.6 Å². The first-order valence-corrected chi connectivity index (χ1v) is 10.9. The number of nitrogens with zero attached hydrogens (tertiary/aromatic N) is 2. The van der Waals surface area contributed by atoms with E-state index in [1.807, 2.05) is 43.3 Å². The Kier molecular flexibility index (Phi) is 6.92. The van der Waals surface area contributed by atoms with Gasteiger partial charge < -0.3 is 5.11 Å². The quantitative estimate of drug-likeness (QED) is 0.352. The van der Waals surface area contributed by atoms with Crippen LogP contribution in [0.3, 0.4) is 0 Å². The number of aromatic nitrogens is 2. The summed E-state index contributed by atoms with van der Waals surface area (Å²) in [6, 6.07) is 22.5. The van der Waals surface area contributed by atoms with E-state index in [0.717, 1.165) is 56.8 Å². The summed E-state index contributed by atoms with van der Waals surface area (Å²) in [5.74, 6) is 0. The molecule has 0 fully saturated rings. The van der Waals surface area contributed by atoms with Crippen LogP contribution in [0.15, 0.2) is 72.9 Å². The van der Waals surface area contributed by atoms with Crippen molar-refractivity contribution in [3.05, 3.63) is 94.8 Å². The molecular formula is C26H26ClN3O. The summed E-state index contributed by atoms with van der Waals surface area (Å²) in [5, 5.41) is 15.3. The fraction of sp³-hybridized carbons (Fsp3) is 0.231. The molecule has 31 heavy (non-hydrogen) atoms. The Hall–Kier alpha value is -2.79. The van der Waals surface area contributed by atoms with Crippen LogP contribution in [0.1, 0.15) is 29.7 Å². The average Bonchev–Trinajstić information content (AvgIpc) is 2.80. The maximum atomic E-state index is 10.3. The van der Waals surface area contributed by atoms with E-state index in [9.17, 15) is 5.11 Å². The van der Waals surface area contributed by atoms with Crippen molar-refractivity contribution in [3.63, 3.8) is 0 Å². The predicted octanol–water partition coefficient (Wildman–Crippen LogP) is 5.69. The summed E-state index contributed by atoms with van der Waals surface area (Å²) in [4.78, 5) is 8.89. The largest absolute Gasteiger partial charge is 0.379 e. The van der Waals surface area contributed by atoms with E-state index in [4.69, 9.17) is 11.6 Å². The van der Waals surface area contributed by atoms with Gasteiger partial charge in [-0.15, -0.1) is 0 Å². The highest BCUT2D eigenvalue weighted by atomic mass is 35.5. The molecule has 4 rings (SSSR count). The van der Waals surface area contributed by atoms with Gasteiger partial charge in [0.15, 0.2) is 5.65 Å². The van der Waals surface area contributed by atoms with Gasteiger partial charge in [-0.05, 0) is 84.8 Å². The Morgan fingerprint density at radius 2 is 1.81 bits per heavy atom. The number of benzene rings is 2. The van der Waals surface area contributed by atoms with Crippen molar-refractivity contribution < 1.29 is 5.11 Å². The van der Waals surface area contributed by atoms with Crippen LogP contribution < -0.4 is 5.32 Å². The van der Waals surface area contributed by atoms with Gasteiger partial charge in [-0.2, -0.15) is 0 Å². The second kappa shape index (κ2) is 10.0. The van der Waals surface area contributed by atoms with Crippen molar-refractivity contribution >= 4 is 22.6 Å². The van der Waals surface area contributed by atoms with Gasteiger partial charge in [0.1, 0.15) is 6.23 Å². The molecule has 0 saturated carbocycles. The third-order valence-corrected chi connectivity index (χ3v) is 5.84. The summed E-state index contributed by atoms with van der Waals surface area (Å²) in [6.45, 7) is 2.64. The first-order chi connectivity index (χ1) is 15.1. The summed E-state index contributed by atoms with van der Waals surface area (Å²) >= 11 is 6.12. The topological polar surface area (TPSA) is 58.0 Å². The number of hydrogen-bond donors (Lipinski definition) is 2. The Bertz CT molecular complexity index is 1160. The van der Waals surface area contributed by atoms with Crippen molar-refractivity contribution in [1.82, 2.24) is 15.3 Å². The number of halogens is 1. The molecule has 0 spiro atoms. The molecule has 0 amide bonds. The van der Waals surface area contributed by atoms with Crippen molar-refractivity contribution in [3.8, 4) is 11.1 Å². The molecule has 158 valence electrons. The molecule has 0 aliphatic heterocycles. The molecule has 2 aromatic heterocycles. The lowest BCUT2D eigenvalue weighted by atomic mass is 10.0. The van der Waals surface area contributed by atoms with Gasteiger partial charge in [-0.3, -0.25) is 5.32 Å². The molecule has 4 aromatic rings. The smallest absolute Gasteiger partial charge is 0.159 e. The minimum atomic E-state index is -0.544. The molecule has 2 aromatic carbocycles. The van der Waals surface area contributed by atoms with Crippen molar-refractivity contribution in [1.29, 1.82) is 0 Å². The average molecular weight is 432 g/mol. The molecule has 1 unspecified atom stereocenters. The maximum absolute atomic E-state index is 10.3. The van der Waals surface area contributed by atoms with Gasteiger partial charge in [-0.1, -0.05) is 41.9 Å². The molecule has 2 heterocycles. The summed E-state index contributed by atoms with van der Waals surface area (Å²) in [6.07, 6.45) is 3.56. The number of aryl methyl sites for hydroxylation is 2. The summed E-state index contributed by atoms with van der Waals surface area (Å²) in [5.41, 5.74) is 6.29. The van der Waals surface area contributed by atoms with Crippen LogP contribution in [-0.4, -0.2) is 21.3 Å². The van der Waals surface area contributed by atoms with Gasteiger partial charge in [0.05, 0.1) is 0 Å². The number of rotatable bonds is 8. The molecule has 2 N–H and O–H groups in total. The number of aliphatic hydroxyl groups excluding tert-OH is 1. The zero-order chi connectivity index (χ0) is 21.6. The lowest BCUT2D eigenvalue weighted by molar-refractivity contribution is 0.123. The standard InChI is InChI=1S/C26H26ClN3O/c1-18-16-22(12-14-24(18)27)20-9-7-19(8-10-20)17-29-25(31)6-2-5-23-13-11-21-4-3-15-28-26(21)30-23/h3-4,7-16,25,29,31H,2,5-6,17H2,1H3. The molecule has 5 heteroatoms. The van der Waals surface area contributed by atoms with Crippen LogP contribution in [0, 0.1) is 6.92 Å². The third-order valence-electron chi connectivity index (χ3n) is 5.42. The van der Waals surface area contributed by atoms with E-state index in [1.54, 1.807) is 6.20 Å². The number of hydrogen-bond acceptors (Lipinski definition) is 4. The molecule has 0 radical (unpaired) electrons. The van der Waals surface area contributed by atoms with Crippen molar-refractivity contribution in [2.75, 3.05) is 0 Å². The Labute approximate surface area is 188 Å². The lowest BCUT2D eigenvalue weighted by Gasteiger charge is -2.13. The maximum Gasteiger partial charge on any atom is 0.159 e. The van der Waals surface area contributed by atoms with Gasteiger partial charge in [0.25, 0.3) is 0 Å². The van der Waals surface area contributed by atoms with E-state index in [0.29, 0.717) is 13.0 Å². The number of pyridine rings is 2. The Morgan fingerprint density at radius 3 is 2.61 bits per heavy atom. The van der Waals surface area contributed by atoms with Crippen LogP contribution in [0.25, 0.3) is 22.2 Å². The SMILES string of the molecule is Cc1cc(-c2ccc(CNC(O)CCCc3ccc4cccnc4n3)cc2)ccc1Cl. The molecule has 4 nitrogen and oxygen atoms in total. The van der Waals surface area contributed by atoms with E-state index in [-0.39, 0.29) is 0 Å². The van der Waals surface area contributed by atoms with Gasteiger partial charge >= 0.3 is 0 Å². The van der Waals surface area contributed by atoms with Gasteiger partial charge in [0.2, 0.25) is 0 Å². The summed E-state index contributed by atoms with van der Waals surface area (Å²) < 4.78 is 0. The number of fused-ring (bicyclic) bond motifs is 1. The zero-order valence-electron chi connectivity index (χ0n) is 17.6. The van der Waals surface area contributed by atoms with Crippen LogP contribution in [-0.2, 0) is 13.0 Å². The molecule has 0 aliphatic rings. The van der Waals surface area contributed by atoms with E-state index in [1.165, 1.54) is 0 Å². The van der Waals surface area contributed by atoms with Crippen LogP contribution in [0.2, 0.25) is 5.02 Å². The van der Waals surface area contributed by atoms with E-state index in [2.05, 4.69) is 45.6 Å². The Balaban J connectivity index is 1.24. The fourth-order valence-electron chi connectivity index (χ4n) is 3.58. The van der Waals surface area contributed by atoms with Crippen molar-refractivity contribution in [2.45, 2.75) is 39.0 Å². The second-order valence-corrected chi connectivity index (χ2v) is 8.21. The highest BCUT2D eigenvalue weighted by molar-refractivity contribution is 6.31. The Morgan fingerprint density at radius 1 is 1.00 bits per heavy atom. The highest BCUT2D eigenvalue weighted by Gasteiger charge is 2.06. The zero-order valence-corrected chi connectivity index (χ0v) is 18.3. The molecule has 0 saturated heterocycles. The molecule has 0 bridgehead atoms. The number of nitrogens with one attached hydrogen (secondary N) is 1. The normalized spacial score (nSPS) is 12.2. The highest BCUT2D eigenvalue weighted by Crippen LogP contribution is 2.25. The van der Waals surface area contributed by atoms with E-state index < -0.39 is 6.23 Å². The molecular weight excluding hydrogens is 406 g/mol. The van der Waals surface area contributed by atoms with Crippen molar-refractivity contribution in [2.24, 2.45) is 0 Å². The lowest BCUT2D eigenvalue weighted by Crippen LogP contribution is -2.28. The first kappa shape index (κ1) is 21.4. The molecule has 0 aliphatic carbocycles. The van der Waals surface area contributed by atoms with Crippen LogP contribution in [0.5, 0.6) is 0 Å². The minimum absolute atomic E-state index is 0.544. The summed E-state index contributed by atoms with van der Waals surface area (Å²) in [7, 11) is 0. The second-order valence-electron chi connectivity index (χ2n) is 7.80. The third kappa shape index (κ3) is 5.67. The fourth-order valence-corrected chi connectivity index (χ4v) is 3.70. The van der Waals surface area contributed by atoms with Crippen LogP contribution in [0.4, 0.5) is 0 Å². The van der Waals surface area contributed by atoms with E-state index >= 15 is 0 Å². The monoisotopic (exact) mass is 431 g/mol. The van der Waals surface area contributed by atoms with Gasteiger partial charge in [-0.25, -0.2) is 9.97 Å². The molecule has 1 atom stereocenters. The first-order valence-electron chi connectivity index (χ1n) is 10.6. The van der Waals surface area contributed by atoms with Gasteiger partial charge in [0, 0.05) is 28.8 Å².